The largest absolute Gasteiger partial charge is 0.864 e. The lowest BCUT2D eigenvalue weighted by Crippen LogP contribution is -2.53. The van der Waals surface area contributed by atoms with Crippen LogP contribution in [0.25, 0.3) is 0 Å². The lowest BCUT2D eigenvalue weighted by molar-refractivity contribution is -0.958. The fraction of sp³-hybridized carbons (Fsp3) is 0.571. The summed E-state index contributed by atoms with van der Waals surface area (Å²) in [6.07, 6.45) is 2.06. The quantitative estimate of drug-likeness (QED) is 0.0165. The molecule has 0 aliphatic heterocycles. The predicted octanol–water partition coefficient (Wildman–Crippen LogP) is 19.5. The number of hydrogen-bond acceptors (Lipinski definition) is 3. The van der Waals surface area contributed by atoms with Gasteiger partial charge in [0, 0.05) is 6.42 Å². The Morgan fingerprint density at radius 1 is 0.411 bits per heavy atom. The molecule has 17 heteroatoms. The van der Waals surface area contributed by atoms with Crippen LogP contribution in [0.15, 0.2) is 91.0 Å². The van der Waals surface area contributed by atoms with E-state index in [1.807, 2.05) is 6.92 Å². The Hall–Kier alpha value is -4.54. The minimum atomic E-state index is -4.69. The predicted molar refractivity (Wildman–Crippen MR) is 265 cm³/mol. The number of nitrogens with zero attached hydrogens (tertiary/aromatic N) is 1. The third-order valence-electron chi connectivity index (χ3n) is 12.9. The molecule has 0 amide bonds. The molecule has 0 N–H and O–H groups in total. The van der Waals surface area contributed by atoms with E-state index in [2.05, 4.69) is 26.8 Å². The zero-order valence-corrected chi connectivity index (χ0v) is 42.8. The molecule has 0 saturated heterocycles. The number of quaternary nitrogens is 1. The first-order valence-corrected chi connectivity index (χ1v) is 26.0. The maximum absolute atomic E-state index is 14.7. The van der Waals surface area contributed by atoms with Crippen molar-refractivity contribution < 1.29 is 71.1 Å². The van der Waals surface area contributed by atoms with Gasteiger partial charge in [-0.3, -0.25) is 0 Å². The van der Waals surface area contributed by atoms with E-state index in [0.29, 0.717) is 22.9 Å². The maximum Gasteiger partial charge on any atom is 0.864 e. The Morgan fingerprint density at radius 3 is 1.10 bits per heavy atom. The van der Waals surface area contributed by atoms with E-state index in [4.69, 9.17) is 14.0 Å². The molecule has 0 aliphatic rings. The molecular weight excluding hydrogens is 973 g/mol. The highest BCUT2D eigenvalue weighted by molar-refractivity contribution is 6.39. The number of unbranched alkanes of at least 4 members (excludes halogenated alkanes) is 15. The molecule has 0 saturated carbocycles. The third kappa shape index (κ3) is 22.9. The van der Waals surface area contributed by atoms with Gasteiger partial charge in [-0.25, -0.2) is 0 Å². The Bertz CT molecular complexity index is 1980. The fourth-order valence-electron chi connectivity index (χ4n) is 8.93. The molecule has 4 aromatic carbocycles. The normalized spacial score (nSPS) is 12.8. The van der Waals surface area contributed by atoms with Gasteiger partial charge >= 0.3 is 32.0 Å². The lowest BCUT2D eigenvalue weighted by atomic mass is 9.92. The van der Waals surface area contributed by atoms with Crippen LogP contribution in [-0.4, -0.2) is 31.4 Å². The van der Waals surface area contributed by atoms with E-state index in [9.17, 15) is 52.7 Å². The molecule has 4 rings (SSSR count). The summed E-state index contributed by atoms with van der Waals surface area (Å²) in [4.78, 5) is 0. The van der Waals surface area contributed by atoms with E-state index in [0.717, 1.165) is 208 Å². The second kappa shape index (κ2) is 31.4. The van der Waals surface area contributed by atoms with Gasteiger partial charge in [-0.1, -0.05) is 117 Å². The molecule has 0 heterocycles. The smallest absolute Gasteiger partial charge is 0.490 e. The Balaban J connectivity index is 0.00000125. The first-order chi connectivity index (χ1) is 34.6. The number of halogens is 12. The molecule has 4 aromatic rings. The van der Waals surface area contributed by atoms with Crippen molar-refractivity contribution in [3.63, 3.8) is 0 Å². The van der Waals surface area contributed by atoms with Gasteiger partial charge in [0.1, 0.15) is 23.3 Å². The van der Waals surface area contributed by atoms with Crippen LogP contribution in [0.3, 0.4) is 0 Å². The Kier molecular flexibility index (Phi) is 27.0. The number of benzene rings is 4. The van der Waals surface area contributed by atoms with Crippen molar-refractivity contribution in [2.45, 2.75) is 187 Å². The summed E-state index contributed by atoms with van der Waals surface area (Å²) in [5, 5.41) is 0. The first kappa shape index (κ1) is 62.8. The molecule has 73 heavy (non-hydrogen) atoms. The van der Waals surface area contributed by atoms with E-state index in [1.54, 1.807) is 0 Å². The molecule has 0 aromatic heterocycles. The number of rotatable bonds is 31. The molecule has 1 atom stereocenters. The van der Waals surface area contributed by atoms with Crippen molar-refractivity contribution in [2.75, 3.05) is 19.6 Å². The first-order valence-electron chi connectivity index (χ1n) is 26.0. The molecule has 0 bridgehead atoms. The summed E-state index contributed by atoms with van der Waals surface area (Å²) in [6, 6.07) is 17.2. The molecule has 0 aliphatic carbocycles. The number of hydrogen-bond donors (Lipinski definition) is 0. The summed E-state index contributed by atoms with van der Waals surface area (Å²) < 4.78 is 179. The summed E-state index contributed by atoms with van der Waals surface area (Å²) in [7, 11) is -1.83. The lowest BCUT2D eigenvalue weighted by Gasteiger charge is -2.46. The van der Waals surface area contributed by atoms with Crippen LogP contribution in [0.5, 0.6) is 17.2 Å². The standard InChI is InChI=1S/C49H70BF9NO3.C7H4F3/c1-5-9-12-15-18-21-35-60(36-22-19-16-13-10-6-2,37-23-20-17-14-11-7-3)45(24-8-4)44-38-41(49(57,58)59)29-34-46(44)63-50(61-42-30-25-39(26-31-42)47(51,52)53)62-43-32-27-40(28-33-43)48(54,55)56;8-7(9,10)6-4-2-1-3-5-6/h25-34,38,45H,5-24,35-37H2,1-4H3;2-5H/q+1;-1. The average Bonchev–Trinajstić information content (AvgIpc) is 3.33. The average molecular weight is 1050 g/mol. The topological polar surface area (TPSA) is 27.7 Å². The fourth-order valence-corrected chi connectivity index (χ4v) is 8.93. The molecular formula is C56H74BF12NO3. The van der Waals surface area contributed by atoms with E-state index in [1.165, 1.54) is 18.2 Å². The van der Waals surface area contributed by atoms with Gasteiger partial charge in [-0.05, 0) is 105 Å². The van der Waals surface area contributed by atoms with Crippen molar-refractivity contribution in [1.82, 2.24) is 0 Å². The van der Waals surface area contributed by atoms with Gasteiger partial charge in [-0.15, -0.1) is 0 Å². The minimum Gasteiger partial charge on any atom is -0.490 e. The molecule has 0 fully saturated rings. The molecule has 0 radical (unpaired) electrons. The van der Waals surface area contributed by atoms with E-state index < -0.39 is 60.3 Å². The van der Waals surface area contributed by atoms with E-state index in [-0.39, 0.29) is 17.2 Å². The van der Waals surface area contributed by atoms with Crippen LogP contribution in [0.4, 0.5) is 52.7 Å². The zero-order chi connectivity index (χ0) is 54.0. The third-order valence-corrected chi connectivity index (χ3v) is 12.9. The summed E-state index contributed by atoms with van der Waals surface area (Å²) in [6.45, 7) is 10.8. The van der Waals surface area contributed by atoms with Gasteiger partial charge in [0.15, 0.2) is 0 Å². The Labute approximate surface area is 426 Å². The summed E-state index contributed by atoms with van der Waals surface area (Å²) >= 11 is 0. The monoisotopic (exact) mass is 1050 g/mol. The Morgan fingerprint density at radius 2 is 0.753 bits per heavy atom. The van der Waals surface area contributed by atoms with E-state index >= 15 is 0 Å². The minimum absolute atomic E-state index is 0.0293. The van der Waals surface area contributed by atoms with Crippen LogP contribution >= 0.6 is 0 Å². The van der Waals surface area contributed by atoms with Crippen molar-refractivity contribution in [3.8, 4) is 17.2 Å². The highest BCUT2D eigenvalue weighted by Gasteiger charge is 2.42. The summed E-state index contributed by atoms with van der Waals surface area (Å²) in [5.41, 5.74) is -3.07. The van der Waals surface area contributed by atoms with Crippen LogP contribution < -0.4 is 14.0 Å². The van der Waals surface area contributed by atoms with Crippen LogP contribution in [0.2, 0.25) is 0 Å². The van der Waals surface area contributed by atoms with Crippen LogP contribution in [-0.2, 0) is 24.7 Å². The van der Waals surface area contributed by atoms with Crippen molar-refractivity contribution >= 4 is 7.32 Å². The zero-order valence-electron chi connectivity index (χ0n) is 42.8. The second-order valence-electron chi connectivity index (χ2n) is 18.7. The van der Waals surface area contributed by atoms with Crippen molar-refractivity contribution in [1.29, 1.82) is 0 Å². The molecule has 4 nitrogen and oxygen atoms in total. The molecule has 1 unspecified atom stereocenters. The van der Waals surface area contributed by atoms with Crippen LogP contribution in [0.1, 0.15) is 190 Å². The number of alkyl halides is 12. The van der Waals surface area contributed by atoms with Gasteiger partial charge in [0.25, 0.3) is 0 Å². The van der Waals surface area contributed by atoms with Crippen molar-refractivity contribution in [3.05, 3.63) is 125 Å². The van der Waals surface area contributed by atoms with Gasteiger partial charge in [0.05, 0.1) is 41.9 Å². The molecule has 408 valence electrons. The highest BCUT2D eigenvalue weighted by atomic mass is 19.4. The molecule has 0 spiro atoms. The van der Waals surface area contributed by atoms with Crippen molar-refractivity contribution in [2.24, 2.45) is 0 Å². The van der Waals surface area contributed by atoms with Gasteiger partial charge in [-0.2, -0.15) is 83.0 Å². The second-order valence-corrected chi connectivity index (χ2v) is 18.7. The van der Waals surface area contributed by atoms with Gasteiger partial charge < -0.3 is 18.4 Å². The SMILES string of the molecule is CCCCCCCC[N+](CCCCCCCC)(CCCCCCCC)C(CCC)c1cc(C(F)(F)F)ccc1OB(Oc1ccc(C(F)(F)F)cc1)Oc1ccc(C(F)(F)F)cc1.FC(F)(F)c1cc[c-]cc1. The highest BCUT2D eigenvalue weighted by Crippen LogP contribution is 2.43. The van der Waals surface area contributed by atoms with Gasteiger partial charge in [0.2, 0.25) is 0 Å². The maximum atomic E-state index is 14.7. The van der Waals surface area contributed by atoms with Crippen LogP contribution in [0, 0.1) is 6.07 Å². The summed E-state index contributed by atoms with van der Waals surface area (Å²) in [5.74, 6) is -0.225.